The van der Waals surface area contributed by atoms with Crippen LogP contribution in [0.5, 0.6) is 11.5 Å². The van der Waals surface area contributed by atoms with Gasteiger partial charge in [0.25, 0.3) is 0 Å². The molecule has 10 heteroatoms. The van der Waals surface area contributed by atoms with Crippen molar-refractivity contribution in [1.82, 2.24) is 10.2 Å². The first kappa shape index (κ1) is 34.0. The fourth-order valence-corrected chi connectivity index (χ4v) is 6.50. The number of aromatic hydroxyl groups is 1. The lowest BCUT2D eigenvalue weighted by Gasteiger charge is -2.37. The van der Waals surface area contributed by atoms with E-state index in [0.717, 1.165) is 18.5 Å². The van der Waals surface area contributed by atoms with Crippen molar-refractivity contribution in [1.29, 1.82) is 0 Å². The summed E-state index contributed by atoms with van der Waals surface area (Å²) < 4.78 is 6.02. The number of carbonyl (C=O) groups is 3. The van der Waals surface area contributed by atoms with Crippen LogP contribution in [-0.2, 0) is 21.0 Å². The number of carbonyl (C=O) groups excluding carboxylic acids is 3. The maximum Gasteiger partial charge on any atom is 0.228 e. The van der Waals surface area contributed by atoms with Crippen LogP contribution in [0.15, 0.2) is 78.0 Å². The summed E-state index contributed by atoms with van der Waals surface area (Å²) in [7, 11) is 3.94. The Bertz CT molecular complexity index is 1670. The minimum Gasteiger partial charge on any atom is -0.506 e. The molecule has 2 amide bonds. The van der Waals surface area contributed by atoms with E-state index < -0.39 is 6.04 Å². The molecule has 5 rings (SSSR count). The van der Waals surface area contributed by atoms with Gasteiger partial charge < -0.3 is 25.4 Å². The third-order valence-corrected chi connectivity index (χ3v) is 8.79. The number of benzene rings is 3. The highest BCUT2D eigenvalue weighted by atomic mass is 35.5. The van der Waals surface area contributed by atoms with Crippen molar-refractivity contribution in [3.63, 3.8) is 0 Å². The molecule has 0 spiro atoms. The molecule has 3 aromatic rings. The number of ether oxygens (including phenoxy) is 1. The molecule has 1 atom stereocenters. The number of anilines is 2. The summed E-state index contributed by atoms with van der Waals surface area (Å²) in [6, 6.07) is 19.1. The van der Waals surface area contributed by atoms with Crippen molar-refractivity contribution in [2.24, 2.45) is 5.41 Å². The number of nitrogens with zero attached hydrogens (tertiary/aromatic N) is 2. The smallest absolute Gasteiger partial charge is 0.228 e. The van der Waals surface area contributed by atoms with Crippen molar-refractivity contribution in [3.8, 4) is 11.5 Å². The number of phenolic OH excluding ortho intramolecular Hbond substituents is 1. The average molecular weight is 659 g/mol. The van der Waals surface area contributed by atoms with Crippen LogP contribution in [0.4, 0.5) is 11.4 Å². The molecule has 1 aliphatic carbocycles. The maximum absolute atomic E-state index is 14.3. The van der Waals surface area contributed by atoms with Crippen LogP contribution in [0, 0.1) is 5.41 Å². The van der Waals surface area contributed by atoms with Gasteiger partial charge in [0.1, 0.15) is 23.8 Å². The minimum absolute atomic E-state index is 0.0293. The SMILES string of the molecule is CN(C)CCCNC(=O)CCC(=O)N1c2cccc(O)c2NC2=C(C(=O)CC(C)(C)C2)C1c1ccc(OCc2ccccc2)cc1Cl. The quantitative estimate of drug-likeness (QED) is 0.157. The van der Waals surface area contributed by atoms with Crippen molar-refractivity contribution >= 4 is 40.6 Å². The van der Waals surface area contributed by atoms with Crippen molar-refractivity contribution in [2.45, 2.75) is 58.6 Å². The molecule has 1 unspecified atom stereocenters. The number of hydrogen-bond acceptors (Lipinski definition) is 7. The summed E-state index contributed by atoms with van der Waals surface area (Å²) in [5.41, 5.74) is 2.97. The van der Waals surface area contributed by atoms with Gasteiger partial charge in [-0.25, -0.2) is 0 Å². The summed E-state index contributed by atoms with van der Waals surface area (Å²) in [6.45, 7) is 5.73. The first-order chi connectivity index (χ1) is 22.4. The maximum atomic E-state index is 14.3. The fraction of sp³-hybridized carbons (Fsp3) is 0.378. The molecule has 0 fully saturated rings. The number of halogens is 1. The number of nitrogens with one attached hydrogen (secondary N) is 2. The van der Waals surface area contributed by atoms with E-state index in [0.29, 0.717) is 58.6 Å². The molecule has 0 aromatic heterocycles. The van der Waals surface area contributed by atoms with Crippen LogP contribution < -0.4 is 20.3 Å². The Kier molecular flexibility index (Phi) is 10.6. The number of phenols is 1. The topological polar surface area (TPSA) is 111 Å². The van der Waals surface area contributed by atoms with Gasteiger partial charge in [-0.2, -0.15) is 0 Å². The molecule has 9 nitrogen and oxygen atoms in total. The third kappa shape index (κ3) is 8.15. The second kappa shape index (κ2) is 14.6. The second-order valence-corrected chi connectivity index (χ2v) is 13.7. The highest BCUT2D eigenvalue weighted by Gasteiger charge is 2.44. The molecule has 2 aliphatic rings. The Balaban J connectivity index is 1.53. The van der Waals surface area contributed by atoms with Crippen LogP contribution in [-0.4, -0.2) is 54.8 Å². The second-order valence-electron chi connectivity index (χ2n) is 13.3. The lowest BCUT2D eigenvalue weighted by molar-refractivity contribution is -0.125. The van der Waals surface area contributed by atoms with Crippen molar-refractivity contribution < 1.29 is 24.2 Å². The van der Waals surface area contributed by atoms with Gasteiger partial charge in [-0.1, -0.05) is 67.9 Å². The van der Waals surface area contributed by atoms with E-state index in [4.69, 9.17) is 16.3 Å². The number of ketones is 1. The van der Waals surface area contributed by atoms with Crippen molar-refractivity contribution in [3.05, 3.63) is 94.1 Å². The zero-order valence-electron chi connectivity index (χ0n) is 27.4. The van der Waals surface area contributed by atoms with Gasteiger partial charge in [0.15, 0.2) is 5.78 Å². The number of Topliss-reactive ketones (excluding diaryl/α,β-unsaturated/α-hetero) is 1. The van der Waals surface area contributed by atoms with E-state index in [9.17, 15) is 19.5 Å². The summed E-state index contributed by atoms with van der Waals surface area (Å²) in [6.07, 6.45) is 1.45. The number of allylic oxidation sites excluding steroid dienone is 1. The van der Waals surface area contributed by atoms with E-state index in [1.54, 1.807) is 30.3 Å². The Morgan fingerprint density at radius 2 is 1.83 bits per heavy atom. The number of amides is 2. The molecule has 0 radical (unpaired) electrons. The van der Waals surface area contributed by atoms with E-state index in [-0.39, 0.29) is 48.0 Å². The van der Waals surface area contributed by atoms with Crippen LogP contribution in [0.25, 0.3) is 0 Å². The lowest BCUT2D eigenvalue weighted by Crippen LogP contribution is -2.40. The summed E-state index contributed by atoms with van der Waals surface area (Å²) in [4.78, 5) is 44.7. The summed E-state index contributed by atoms with van der Waals surface area (Å²) in [5, 5.41) is 17.6. The lowest BCUT2D eigenvalue weighted by atomic mass is 9.73. The summed E-state index contributed by atoms with van der Waals surface area (Å²) in [5.74, 6) is -0.234. The normalized spacial score (nSPS) is 17.0. The number of rotatable bonds is 11. The Hall–Kier alpha value is -4.34. The van der Waals surface area contributed by atoms with Crippen molar-refractivity contribution in [2.75, 3.05) is 37.4 Å². The molecular formula is C37H43ClN4O5. The number of fused-ring (bicyclic) bond motifs is 1. The molecule has 3 aromatic carbocycles. The van der Waals surface area contributed by atoms with E-state index >= 15 is 0 Å². The van der Waals surface area contributed by atoms with E-state index in [1.165, 1.54) is 11.0 Å². The zero-order valence-corrected chi connectivity index (χ0v) is 28.2. The highest BCUT2D eigenvalue weighted by molar-refractivity contribution is 6.31. The zero-order chi connectivity index (χ0) is 33.7. The monoisotopic (exact) mass is 658 g/mol. The summed E-state index contributed by atoms with van der Waals surface area (Å²) >= 11 is 6.99. The van der Waals surface area contributed by atoms with Crippen LogP contribution in [0.2, 0.25) is 5.02 Å². The van der Waals surface area contributed by atoms with Gasteiger partial charge in [0.2, 0.25) is 11.8 Å². The van der Waals surface area contributed by atoms with Crippen LogP contribution in [0.1, 0.15) is 63.1 Å². The predicted molar refractivity (Wildman–Crippen MR) is 185 cm³/mol. The first-order valence-electron chi connectivity index (χ1n) is 16.0. The predicted octanol–water partition coefficient (Wildman–Crippen LogP) is 6.62. The van der Waals surface area contributed by atoms with E-state index in [2.05, 4.69) is 10.6 Å². The fourth-order valence-electron chi connectivity index (χ4n) is 6.23. The standard InChI is InChI=1S/C37H43ClN4O5/c1-37(2)21-28-34(31(44)22-37)36(26-15-14-25(20-27(26)38)47-23-24-10-6-5-7-11-24)42(29-12-8-13-30(43)35(29)40-28)33(46)17-16-32(45)39-18-9-19-41(3)4/h5-8,10-15,20,36,40,43H,9,16-19,21-23H2,1-4H3,(H,39,45). The molecular weight excluding hydrogens is 616 g/mol. The minimum atomic E-state index is -0.907. The van der Waals surface area contributed by atoms with E-state index in [1.807, 2.05) is 63.2 Å². The molecule has 3 N–H and O–H groups in total. The molecule has 1 heterocycles. The van der Waals surface area contributed by atoms with Crippen LogP contribution >= 0.6 is 11.6 Å². The van der Waals surface area contributed by atoms with Gasteiger partial charge in [-0.3, -0.25) is 19.3 Å². The van der Waals surface area contributed by atoms with Gasteiger partial charge >= 0.3 is 0 Å². The largest absolute Gasteiger partial charge is 0.506 e. The van der Waals surface area contributed by atoms with Gasteiger partial charge in [-0.15, -0.1) is 0 Å². The van der Waals surface area contributed by atoms with Gasteiger partial charge in [-0.05, 0) is 74.3 Å². The third-order valence-electron chi connectivity index (χ3n) is 8.46. The van der Waals surface area contributed by atoms with Gasteiger partial charge in [0.05, 0.1) is 11.7 Å². The molecule has 47 heavy (non-hydrogen) atoms. The molecule has 1 aliphatic heterocycles. The number of para-hydroxylation sites is 1. The Morgan fingerprint density at radius 1 is 1.06 bits per heavy atom. The molecule has 0 saturated heterocycles. The highest BCUT2D eigenvalue weighted by Crippen LogP contribution is 2.51. The first-order valence-corrected chi connectivity index (χ1v) is 16.4. The number of hydrogen-bond donors (Lipinski definition) is 3. The molecule has 0 saturated carbocycles. The Morgan fingerprint density at radius 3 is 2.55 bits per heavy atom. The Labute approximate surface area is 281 Å². The average Bonchev–Trinajstić information content (AvgIpc) is 3.16. The molecule has 248 valence electrons. The van der Waals surface area contributed by atoms with Gasteiger partial charge in [0, 0.05) is 42.1 Å². The molecule has 0 bridgehead atoms. The van der Waals surface area contributed by atoms with Crippen LogP contribution in [0.3, 0.4) is 0 Å².